The van der Waals surface area contributed by atoms with Crippen molar-refractivity contribution >= 4 is 12.0 Å². The molecule has 0 aromatic rings. The van der Waals surface area contributed by atoms with Crippen LogP contribution in [0.4, 0.5) is 4.79 Å². The van der Waals surface area contributed by atoms with E-state index in [1.54, 1.807) is 0 Å². The van der Waals surface area contributed by atoms with Crippen molar-refractivity contribution in [2.24, 2.45) is 5.92 Å². The van der Waals surface area contributed by atoms with Gasteiger partial charge in [-0.05, 0) is 32.1 Å². The molecule has 1 aliphatic carbocycles. The van der Waals surface area contributed by atoms with Crippen molar-refractivity contribution in [1.29, 1.82) is 0 Å². The Labute approximate surface area is 120 Å². The average Bonchev–Trinajstić information content (AvgIpc) is 2.74. The monoisotopic (exact) mass is 282 g/mol. The Kier molecular flexibility index (Phi) is 5.26. The molecule has 20 heavy (non-hydrogen) atoms. The second kappa shape index (κ2) is 6.95. The zero-order valence-corrected chi connectivity index (χ0v) is 12.3. The SMILES string of the molecule is CCC1CCCCCN1C(=O)NC1CCCC1C(=O)O. The number of urea groups is 1. The summed E-state index contributed by atoms with van der Waals surface area (Å²) in [5.74, 6) is -1.19. The van der Waals surface area contributed by atoms with E-state index in [9.17, 15) is 14.7 Å². The van der Waals surface area contributed by atoms with Gasteiger partial charge in [-0.25, -0.2) is 4.79 Å². The van der Waals surface area contributed by atoms with Gasteiger partial charge in [0.15, 0.2) is 0 Å². The first kappa shape index (κ1) is 15.1. The number of carbonyl (C=O) groups is 2. The Hall–Kier alpha value is -1.26. The molecular formula is C15H26N2O3. The van der Waals surface area contributed by atoms with Gasteiger partial charge in [-0.1, -0.05) is 26.2 Å². The lowest BCUT2D eigenvalue weighted by molar-refractivity contribution is -0.142. The molecule has 0 bridgehead atoms. The van der Waals surface area contributed by atoms with Crippen molar-refractivity contribution in [3.63, 3.8) is 0 Å². The van der Waals surface area contributed by atoms with Crippen molar-refractivity contribution in [2.45, 2.75) is 70.4 Å². The number of aliphatic carboxylic acids is 1. The van der Waals surface area contributed by atoms with Crippen LogP contribution in [-0.4, -0.2) is 40.6 Å². The largest absolute Gasteiger partial charge is 0.481 e. The van der Waals surface area contributed by atoms with Gasteiger partial charge in [0.1, 0.15) is 0 Å². The number of hydrogen-bond donors (Lipinski definition) is 2. The van der Waals surface area contributed by atoms with E-state index in [-0.39, 0.29) is 12.1 Å². The minimum absolute atomic E-state index is 0.0584. The summed E-state index contributed by atoms with van der Waals surface area (Å²) in [4.78, 5) is 25.6. The number of carboxylic acid groups (broad SMARTS) is 1. The molecule has 2 fully saturated rings. The van der Waals surface area contributed by atoms with Gasteiger partial charge in [0.25, 0.3) is 0 Å². The summed E-state index contributed by atoms with van der Waals surface area (Å²) in [5, 5.41) is 12.2. The number of carboxylic acids is 1. The van der Waals surface area contributed by atoms with E-state index in [2.05, 4.69) is 12.2 Å². The van der Waals surface area contributed by atoms with Crippen molar-refractivity contribution in [3.8, 4) is 0 Å². The Bertz CT molecular complexity index is 359. The standard InChI is InChI=1S/C15H26N2O3/c1-2-11-7-4-3-5-10-17(11)15(20)16-13-9-6-8-12(13)14(18)19/h11-13H,2-10H2,1H3,(H,16,20)(H,18,19). The van der Waals surface area contributed by atoms with E-state index < -0.39 is 11.9 Å². The van der Waals surface area contributed by atoms with Crippen LogP contribution in [0.15, 0.2) is 0 Å². The molecule has 3 atom stereocenters. The normalized spacial score (nSPS) is 30.9. The van der Waals surface area contributed by atoms with Gasteiger partial charge in [-0.15, -0.1) is 0 Å². The first-order valence-corrected chi connectivity index (χ1v) is 7.93. The third-order valence-corrected chi connectivity index (χ3v) is 4.75. The summed E-state index contributed by atoms with van der Waals surface area (Å²) < 4.78 is 0. The lowest BCUT2D eigenvalue weighted by Gasteiger charge is -2.31. The van der Waals surface area contributed by atoms with E-state index in [4.69, 9.17) is 0 Å². The molecule has 114 valence electrons. The van der Waals surface area contributed by atoms with Crippen LogP contribution in [0, 0.1) is 5.92 Å². The summed E-state index contributed by atoms with van der Waals surface area (Å²) in [5.41, 5.74) is 0. The maximum atomic E-state index is 12.5. The van der Waals surface area contributed by atoms with Crippen molar-refractivity contribution in [2.75, 3.05) is 6.54 Å². The second-order valence-corrected chi connectivity index (χ2v) is 6.04. The highest BCUT2D eigenvalue weighted by atomic mass is 16.4. The summed E-state index contributed by atoms with van der Waals surface area (Å²) in [7, 11) is 0. The summed E-state index contributed by atoms with van der Waals surface area (Å²) in [6, 6.07) is 0.0554. The molecule has 2 amide bonds. The van der Waals surface area contributed by atoms with Gasteiger partial charge >= 0.3 is 12.0 Å². The van der Waals surface area contributed by atoms with Crippen LogP contribution in [0.3, 0.4) is 0 Å². The summed E-state index contributed by atoms with van der Waals surface area (Å²) >= 11 is 0. The molecule has 0 radical (unpaired) electrons. The van der Waals surface area contributed by atoms with E-state index >= 15 is 0 Å². The molecule has 0 aromatic heterocycles. The molecular weight excluding hydrogens is 256 g/mol. The van der Waals surface area contributed by atoms with Crippen molar-refractivity contribution in [1.82, 2.24) is 10.2 Å². The summed E-state index contributed by atoms with van der Waals surface area (Å²) in [6.07, 6.45) is 7.81. The molecule has 5 nitrogen and oxygen atoms in total. The van der Waals surface area contributed by atoms with Crippen LogP contribution in [0.25, 0.3) is 0 Å². The van der Waals surface area contributed by atoms with E-state index in [0.29, 0.717) is 12.5 Å². The number of amides is 2. The fraction of sp³-hybridized carbons (Fsp3) is 0.867. The molecule has 0 spiro atoms. The number of likely N-dealkylation sites (tertiary alicyclic amines) is 1. The highest BCUT2D eigenvalue weighted by Crippen LogP contribution is 2.27. The first-order chi connectivity index (χ1) is 9.63. The van der Waals surface area contributed by atoms with Crippen LogP contribution >= 0.6 is 0 Å². The van der Waals surface area contributed by atoms with Gasteiger partial charge in [0.2, 0.25) is 0 Å². The van der Waals surface area contributed by atoms with Gasteiger partial charge in [0, 0.05) is 18.6 Å². The highest BCUT2D eigenvalue weighted by Gasteiger charge is 2.35. The fourth-order valence-corrected chi connectivity index (χ4v) is 3.54. The minimum Gasteiger partial charge on any atom is -0.481 e. The molecule has 1 saturated carbocycles. The zero-order valence-electron chi connectivity index (χ0n) is 12.3. The molecule has 3 unspecified atom stereocenters. The van der Waals surface area contributed by atoms with E-state index in [0.717, 1.165) is 38.6 Å². The highest BCUT2D eigenvalue weighted by molar-refractivity contribution is 5.77. The average molecular weight is 282 g/mol. The third-order valence-electron chi connectivity index (χ3n) is 4.75. The quantitative estimate of drug-likeness (QED) is 0.836. The Morgan fingerprint density at radius 1 is 1.15 bits per heavy atom. The molecule has 0 aromatic carbocycles. The van der Waals surface area contributed by atoms with Crippen LogP contribution in [0.5, 0.6) is 0 Å². The second-order valence-electron chi connectivity index (χ2n) is 6.04. The maximum absolute atomic E-state index is 12.5. The molecule has 2 aliphatic rings. The van der Waals surface area contributed by atoms with Gasteiger partial charge in [0.05, 0.1) is 5.92 Å². The van der Waals surface area contributed by atoms with Gasteiger partial charge in [-0.2, -0.15) is 0 Å². The molecule has 1 aliphatic heterocycles. The van der Waals surface area contributed by atoms with Crippen molar-refractivity contribution in [3.05, 3.63) is 0 Å². The fourth-order valence-electron chi connectivity index (χ4n) is 3.54. The Morgan fingerprint density at radius 3 is 2.65 bits per heavy atom. The van der Waals surface area contributed by atoms with E-state index in [1.807, 2.05) is 4.90 Å². The van der Waals surface area contributed by atoms with Gasteiger partial charge in [-0.3, -0.25) is 4.79 Å². The predicted octanol–water partition coefficient (Wildman–Crippen LogP) is 2.60. The minimum atomic E-state index is -0.782. The lowest BCUT2D eigenvalue weighted by Crippen LogP contribution is -2.50. The molecule has 5 heteroatoms. The van der Waals surface area contributed by atoms with Crippen LogP contribution in [0.1, 0.15) is 58.3 Å². The number of rotatable bonds is 3. The third kappa shape index (κ3) is 3.44. The molecule has 1 heterocycles. The lowest BCUT2D eigenvalue weighted by atomic mass is 10.0. The smallest absolute Gasteiger partial charge is 0.317 e. The van der Waals surface area contributed by atoms with Gasteiger partial charge < -0.3 is 15.3 Å². The Morgan fingerprint density at radius 2 is 1.95 bits per heavy atom. The zero-order chi connectivity index (χ0) is 14.5. The predicted molar refractivity (Wildman–Crippen MR) is 76.5 cm³/mol. The number of nitrogens with one attached hydrogen (secondary N) is 1. The topological polar surface area (TPSA) is 69.6 Å². The van der Waals surface area contributed by atoms with Crippen molar-refractivity contribution < 1.29 is 14.7 Å². The summed E-state index contributed by atoms with van der Waals surface area (Å²) in [6.45, 7) is 2.92. The maximum Gasteiger partial charge on any atom is 0.317 e. The number of carbonyl (C=O) groups excluding carboxylic acids is 1. The van der Waals surface area contributed by atoms with Crippen LogP contribution < -0.4 is 5.32 Å². The molecule has 2 N–H and O–H groups in total. The van der Waals surface area contributed by atoms with E-state index in [1.165, 1.54) is 12.8 Å². The van der Waals surface area contributed by atoms with Crippen LogP contribution in [-0.2, 0) is 4.79 Å². The molecule has 1 saturated heterocycles. The number of nitrogens with zero attached hydrogens (tertiary/aromatic N) is 1. The first-order valence-electron chi connectivity index (χ1n) is 7.93. The molecule has 2 rings (SSSR count). The Balaban J connectivity index is 1.97. The number of hydrogen-bond acceptors (Lipinski definition) is 2. The van der Waals surface area contributed by atoms with Crippen LogP contribution in [0.2, 0.25) is 0 Å².